The molecule has 0 atom stereocenters. The first-order valence-corrected chi connectivity index (χ1v) is 9.96. The Hall–Kier alpha value is -2.40. The number of nitrogens with zero attached hydrogens (tertiary/aromatic N) is 1. The lowest BCUT2D eigenvalue weighted by molar-refractivity contribution is 0.230. The predicted octanol–water partition coefficient (Wildman–Crippen LogP) is 3.46. The molecule has 3 rings (SSSR count). The lowest BCUT2D eigenvalue weighted by atomic mass is 10.2. The first-order valence-electron chi connectivity index (χ1n) is 8.41. The molecule has 0 radical (unpaired) electrons. The first-order chi connectivity index (χ1) is 12.5. The van der Waals surface area contributed by atoms with Crippen molar-refractivity contribution >= 4 is 29.6 Å². The molecule has 2 N–H and O–H groups in total. The number of aromatic nitrogens is 1. The molecule has 0 aliphatic carbocycles. The van der Waals surface area contributed by atoms with Crippen molar-refractivity contribution in [1.29, 1.82) is 0 Å². The Morgan fingerprint density at radius 3 is 2.15 bits per heavy atom. The van der Waals surface area contributed by atoms with Crippen LogP contribution in [0.4, 0.5) is 5.82 Å². The summed E-state index contributed by atoms with van der Waals surface area (Å²) in [7, 11) is -3.86. The van der Waals surface area contributed by atoms with Crippen molar-refractivity contribution in [3.05, 3.63) is 64.8 Å². The van der Waals surface area contributed by atoms with Crippen molar-refractivity contribution in [2.45, 2.75) is 13.8 Å². The standard InChI is InChI=1S/C19H21N2O4P/c1-3-24-26(23,25-4-2)18-17(22)15-12-8-9-13-16(15)21(19(18)20)14-10-6-5-7-11-14/h5-13H,3-4,20H2,1-2H3. The zero-order valence-electron chi connectivity index (χ0n) is 14.7. The van der Waals surface area contributed by atoms with E-state index in [0.29, 0.717) is 10.9 Å². The van der Waals surface area contributed by atoms with Gasteiger partial charge in [-0.25, -0.2) is 0 Å². The number of para-hydroxylation sites is 2. The summed E-state index contributed by atoms with van der Waals surface area (Å²) in [5.41, 5.74) is 7.31. The van der Waals surface area contributed by atoms with Crippen LogP contribution in [0.15, 0.2) is 59.4 Å². The molecule has 0 fully saturated rings. The molecule has 6 nitrogen and oxygen atoms in total. The molecule has 0 aliphatic heterocycles. The minimum absolute atomic E-state index is 0.0603. The van der Waals surface area contributed by atoms with Crippen LogP contribution in [0.5, 0.6) is 0 Å². The van der Waals surface area contributed by atoms with Crippen molar-refractivity contribution < 1.29 is 13.6 Å². The predicted molar refractivity (Wildman–Crippen MR) is 104 cm³/mol. The Labute approximate surface area is 151 Å². The van der Waals surface area contributed by atoms with Gasteiger partial charge >= 0.3 is 7.60 Å². The van der Waals surface area contributed by atoms with Gasteiger partial charge in [-0.2, -0.15) is 0 Å². The Balaban J connectivity index is 2.46. The van der Waals surface area contributed by atoms with Gasteiger partial charge in [0.2, 0.25) is 5.43 Å². The molecular weight excluding hydrogens is 351 g/mol. The lowest BCUT2D eigenvalue weighted by Gasteiger charge is -2.22. The number of anilines is 1. The number of benzene rings is 2. The van der Waals surface area contributed by atoms with Crippen LogP contribution in [-0.4, -0.2) is 17.8 Å². The van der Waals surface area contributed by atoms with Gasteiger partial charge in [-0.3, -0.25) is 13.9 Å². The van der Waals surface area contributed by atoms with Crippen LogP contribution in [0, 0.1) is 0 Å². The highest BCUT2D eigenvalue weighted by Crippen LogP contribution is 2.47. The average molecular weight is 372 g/mol. The summed E-state index contributed by atoms with van der Waals surface area (Å²) in [6, 6.07) is 16.4. The maximum absolute atomic E-state index is 13.3. The van der Waals surface area contributed by atoms with E-state index in [9.17, 15) is 9.36 Å². The number of hydrogen-bond acceptors (Lipinski definition) is 5. The third kappa shape index (κ3) is 3.07. The molecule has 0 amide bonds. The smallest absolute Gasteiger partial charge is 0.368 e. The third-order valence-electron chi connectivity index (χ3n) is 3.97. The molecule has 0 bridgehead atoms. The summed E-state index contributed by atoms with van der Waals surface area (Å²) in [5.74, 6) is 0.0603. The minimum Gasteiger partial charge on any atom is -0.384 e. The summed E-state index contributed by atoms with van der Waals surface area (Å²) in [6.07, 6.45) is 0. The van der Waals surface area contributed by atoms with Gasteiger partial charge in [0.05, 0.1) is 18.7 Å². The van der Waals surface area contributed by atoms with E-state index in [2.05, 4.69) is 0 Å². The summed E-state index contributed by atoms with van der Waals surface area (Å²) in [6.45, 7) is 3.65. The van der Waals surface area contributed by atoms with Crippen LogP contribution in [0.25, 0.3) is 16.6 Å². The number of nitrogen functional groups attached to an aromatic ring is 1. The topological polar surface area (TPSA) is 83.5 Å². The second kappa shape index (κ2) is 7.46. The second-order valence-corrected chi connectivity index (χ2v) is 7.54. The van der Waals surface area contributed by atoms with E-state index in [1.165, 1.54) is 0 Å². The van der Waals surface area contributed by atoms with E-state index in [1.807, 2.05) is 36.4 Å². The van der Waals surface area contributed by atoms with Crippen LogP contribution >= 0.6 is 7.60 Å². The van der Waals surface area contributed by atoms with E-state index >= 15 is 0 Å². The molecule has 0 unspecified atom stereocenters. The Morgan fingerprint density at radius 2 is 1.54 bits per heavy atom. The van der Waals surface area contributed by atoms with Crippen LogP contribution in [0.3, 0.4) is 0 Å². The van der Waals surface area contributed by atoms with Crippen LogP contribution in [0.2, 0.25) is 0 Å². The van der Waals surface area contributed by atoms with Gasteiger partial charge in [0, 0.05) is 11.1 Å². The number of nitrogens with two attached hydrogens (primary N) is 1. The number of hydrogen-bond donors (Lipinski definition) is 1. The van der Waals surface area contributed by atoms with Crippen molar-refractivity contribution in [2.75, 3.05) is 18.9 Å². The Bertz CT molecular complexity index is 1020. The van der Waals surface area contributed by atoms with E-state index in [1.54, 1.807) is 36.6 Å². The van der Waals surface area contributed by atoms with Gasteiger partial charge in [-0.1, -0.05) is 30.3 Å². The molecule has 0 saturated carbocycles. The molecule has 2 aromatic carbocycles. The maximum Gasteiger partial charge on any atom is 0.368 e. The quantitative estimate of drug-likeness (QED) is 0.670. The molecule has 0 spiro atoms. The SMILES string of the molecule is CCOP(=O)(OCC)c1c(N)n(-c2ccccc2)c2ccccc2c1=O. The van der Waals surface area contributed by atoms with Gasteiger partial charge in [0.1, 0.15) is 5.82 Å². The van der Waals surface area contributed by atoms with E-state index < -0.39 is 13.0 Å². The van der Waals surface area contributed by atoms with Gasteiger partial charge in [0.25, 0.3) is 0 Å². The zero-order valence-corrected chi connectivity index (χ0v) is 15.6. The molecule has 1 heterocycles. The lowest BCUT2D eigenvalue weighted by Crippen LogP contribution is -2.33. The minimum atomic E-state index is -3.86. The highest BCUT2D eigenvalue weighted by Gasteiger charge is 2.35. The van der Waals surface area contributed by atoms with Crippen LogP contribution in [-0.2, 0) is 13.6 Å². The molecule has 0 aliphatic rings. The number of rotatable bonds is 6. The molecule has 7 heteroatoms. The molecular formula is C19H21N2O4P. The van der Waals surface area contributed by atoms with Crippen molar-refractivity contribution in [2.24, 2.45) is 0 Å². The highest BCUT2D eigenvalue weighted by atomic mass is 31.2. The van der Waals surface area contributed by atoms with Gasteiger partial charge in [-0.05, 0) is 38.1 Å². The van der Waals surface area contributed by atoms with Crippen LogP contribution < -0.4 is 16.5 Å². The van der Waals surface area contributed by atoms with Gasteiger partial charge in [0.15, 0.2) is 5.30 Å². The fraction of sp³-hybridized carbons (Fsp3) is 0.211. The Morgan fingerprint density at radius 1 is 0.962 bits per heavy atom. The van der Waals surface area contributed by atoms with Gasteiger partial charge < -0.3 is 14.8 Å². The third-order valence-corrected chi connectivity index (χ3v) is 6.15. The summed E-state index contributed by atoms with van der Waals surface area (Å²) in [5, 5.41) is 0.281. The highest BCUT2D eigenvalue weighted by molar-refractivity contribution is 7.62. The monoisotopic (exact) mass is 372 g/mol. The molecule has 0 saturated heterocycles. The van der Waals surface area contributed by atoms with Crippen molar-refractivity contribution in [3.8, 4) is 5.69 Å². The van der Waals surface area contributed by atoms with Crippen LogP contribution in [0.1, 0.15) is 13.8 Å². The molecule has 1 aromatic heterocycles. The maximum atomic E-state index is 13.3. The van der Waals surface area contributed by atoms with E-state index in [0.717, 1.165) is 5.69 Å². The first kappa shape index (κ1) is 18.4. The summed E-state index contributed by atoms with van der Waals surface area (Å²) in [4.78, 5) is 13.1. The zero-order chi connectivity index (χ0) is 18.7. The average Bonchev–Trinajstić information content (AvgIpc) is 2.63. The summed E-state index contributed by atoms with van der Waals surface area (Å²) < 4.78 is 25.8. The number of pyridine rings is 1. The van der Waals surface area contributed by atoms with Crippen molar-refractivity contribution in [3.63, 3.8) is 0 Å². The summed E-state index contributed by atoms with van der Waals surface area (Å²) >= 11 is 0. The van der Waals surface area contributed by atoms with Crippen molar-refractivity contribution in [1.82, 2.24) is 4.57 Å². The van der Waals surface area contributed by atoms with Gasteiger partial charge in [-0.15, -0.1) is 0 Å². The normalized spacial score (nSPS) is 11.8. The molecule has 26 heavy (non-hydrogen) atoms. The Kier molecular flexibility index (Phi) is 5.28. The number of fused-ring (bicyclic) bond motifs is 1. The largest absolute Gasteiger partial charge is 0.384 e. The van der Waals surface area contributed by atoms with E-state index in [4.69, 9.17) is 14.8 Å². The fourth-order valence-corrected chi connectivity index (χ4v) is 4.73. The molecule has 3 aromatic rings. The second-order valence-electron chi connectivity index (χ2n) is 5.58. The fourth-order valence-electron chi connectivity index (χ4n) is 2.97. The molecule has 136 valence electrons. The van der Waals surface area contributed by atoms with E-state index in [-0.39, 0.29) is 24.3 Å².